The number of nitrogens with zero attached hydrogens (tertiary/aromatic N) is 1. The van der Waals surface area contributed by atoms with E-state index in [9.17, 15) is 4.79 Å². The zero-order valence-corrected chi connectivity index (χ0v) is 17.2. The number of anilines is 2. The predicted octanol–water partition coefficient (Wildman–Crippen LogP) is 4.95. The van der Waals surface area contributed by atoms with Gasteiger partial charge in [-0.2, -0.15) is 0 Å². The van der Waals surface area contributed by atoms with Gasteiger partial charge >= 0.3 is 0 Å². The van der Waals surface area contributed by atoms with Crippen LogP contribution < -0.4 is 20.1 Å². The van der Waals surface area contributed by atoms with Crippen molar-refractivity contribution in [1.29, 1.82) is 0 Å². The molecule has 1 aliphatic rings. The van der Waals surface area contributed by atoms with Crippen molar-refractivity contribution in [2.24, 2.45) is 0 Å². The summed E-state index contributed by atoms with van der Waals surface area (Å²) < 4.78 is 10.8. The Morgan fingerprint density at radius 2 is 1.77 bits per heavy atom. The molecular formula is C24H23N3O3. The maximum absolute atomic E-state index is 12.8. The summed E-state index contributed by atoms with van der Waals surface area (Å²) >= 11 is 0. The lowest BCUT2D eigenvalue weighted by Gasteiger charge is -2.14. The predicted molar refractivity (Wildman–Crippen MR) is 119 cm³/mol. The molecule has 0 atom stereocenters. The number of aromatic nitrogens is 1. The molecule has 1 amide bonds. The molecule has 0 saturated heterocycles. The average Bonchev–Trinajstić information content (AvgIpc) is 3.12. The summed E-state index contributed by atoms with van der Waals surface area (Å²) in [5, 5.41) is 6.34. The van der Waals surface area contributed by atoms with Crippen molar-refractivity contribution >= 4 is 22.9 Å². The van der Waals surface area contributed by atoms with Gasteiger partial charge in [-0.05, 0) is 36.8 Å². The van der Waals surface area contributed by atoms with E-state index in [1.807, 2.05) is 55.5 Å². The quantitative estimate of drug-likeness (QED) is 0.572. The molecule has 30 heavy (non-hydrogen) atoms. The summed E-state index contributed by atoms with van der Waals surface area (Å²) in [5.74, 6) is 1.02. The van der Waals surface area contributed by atoms with E-state index in [1.165, 1.54) is 0 Å². The SMILES string of the molecule is CC/C(Nc1ccc(-c2ccccn2)cc1)=C1\C(=O)Nc2cc(OC)c(OC)cc21. The molecule has 2 heterocycles. The number of benzene rings is 2. The first-order chi connectivity index (χ1) is 14.6. The van der Waals surface area contributed by atoms with E-state index >= 15 is 0 Å². The molecule has 0 bridgehead atoms. The van der Waals surface area contributed by atoms with Gasteiger partial charge in [0.25, 0.3) is 5.91 Å². The molecule has 2 aromatic carbocycles. The van der Waals surface area contributed by atoms with E-state index in [-0.39, 0.29) is 5.91 Å². The third-order valence-electron chi connectivity index (χ3n) is 5.06. The second-order valence-corrected chi connectivity index (χ2v) is 6.83. The third-order valence-corrected chi connectivity index (χ3v) is 5.06. The third kappa shape index (κ3) is 3.59. The Morgan fingerprint density at radius 3 is 2.40 bits per heavy atom. The highest BCUT2D eigenvalue weighted by molar-refractivity contribution is 6.32. The number of carbonyl (C=O) groups excluding carboxylic acids is 1. The number of methoxy groups -OCH3 is 2. The average molecular weight is 401 g/mol. The van der Waals surface area contributed by atoms with Crippen LogP contribution in [0.3, 0.4) is 0 Å². The minimum absolute atomic E-state index is 0.144. The fraction of sp³-hybridized carbons (Fsp3) is 0.167. The molecular weight excluding hydrogens is 378 g/mol. The van der Waals surface area contributed by atoms with Crippen molar-refractivity contribution in [3.63, 3.8) is 0 Å². The maximum Gasteiger partial charge on any atom is 0.258 e. The molecule has 0 saturated carbocycles. The molecule has 0 radical (unpaired) electrons. The summed E-state index contributed by atoms with van der Waals surface area (Å²) in [7, 11) is 3.16. The second-order valence-electron chi connectivity index (χ2n) is 6.83. The Kier molecular flexibility index (Phi) is 5.39. The Balaban J connectivity index is 1.68. The zero-order valence-electron chi connectivity index (χ0n) is 17.2. The van der Waals surface area contributed by atoms with E-state index in [0.29, 0.717) is 29.2 Å². The molecule has 2 N–H and O–H groups in total. The molecule has 0 fully saturated rings. The molecule has 0 unspecified atom stereocenters. The van der Waals surface area contributed by atoms with Gasteiger partial charge in [-0.3, -0.25) is 9.78 Å². The van der Waals surface area contributed by atoms with Crippen LogP contribution in [0.15, 0.2) is 66.5 Å². The van der Waals surface area contributed by atoms with Crippen molar-refractivity contribution in [1.82, 2.24) is 4.98 Å². The van der Waals surface area contributed by atoms with E-state index < -0.39 is 0 Å². The number of nitrogens with one attached hydrogen (secondary N) is 2. The molecule has 3 aromatic rings. The van der Waals surface area contributed by atoms with Crippen LogP contribution in [0.2, 0.25) is 0 Å². The Labute approximate surface area is 175 Å². The number of carbonyl (C=O) groups is 1. The van der Waals surface area contributed by atoms with Gasteiger partial charge in [0.2, 0.25) is 0 Å². The van der Waals surface area contributed by atoms with Crippen LogP contribution in [0.5, 0.6) is 11.5 Å². The van der Waals surface area contributed by atoms with Crippen LogP contribution in [0.25, 0.3) is 16.8 Å². The molecule has 6 heteroatoms. The summed E-state index contributed by atoms with van der Waals surface area (Å²) in [6.07, 6.45) is 2.44. The molecule has 0 aliphatic carbocycles. The van der Waals surface area contributed by atoms with Crippen LogP contribution in [-0.4, -0.2) is 25.1 Å². The van der Waals surface area contributed by atoms with Crippen LogP contribution in [0.1, 0.15) is 18.9 Å². The number of allylic oxidation sites excluding steroid dienone is 1. The minimum Gasteiger partial charge on any atom is -0.493 e. The molecule has 1 aliphatic heterocycles. The van der Waals surface area contributed by atoms with Crippen LogP contribution >= 0.6 is 0 Å². The van der Waals surface area contributed by atoms with E-state index in [1.54, 1.807) is 26.5 Å². The van der Waals surface area contributed by atoms with Crippen molar-refractivity contribution in [3.8, 4) is 22.8 Å². The summed E-state index contributed by atoms with van der Waals surface area (Å²) in [5.41, 5.74) is 5.82. The Hall–Kier alpha value is -3.80. The molecule has 1 aromatic heterocycles. The van der Waals surface area contributed by atoms with Crippen molar-refractivity contribution in [3.05, 3.63) is 72.1 Å². The van der Waals surface area contributed by atoms with E-state index in [4.69, 9.17) is 9.47 Å². The van der Waals surface area contributed by atoms with Crippen molar-refractivity contribution in [2.45, 2.75) is 13.3 Å². The van der Waals surface area contributed by atoms with Gasteiger partial charge in [0.15, 0.2) is 11.5 Å². The van der Waals surface area contributed by atoms with Gasteiger partial charge in [-0.1, -0.05) is 25.1 Å². The highest BCUT2D eigenvalue weighted by Crippen LogP contribution is 2.42. The standard InChI is InChI=1S/C24H23N3O3/c1-4-18(26-16-10-8-15(9-11-16)19-7-5-6-12-25-19)23-17-13-21(29-2)22(30-3)14-20(17)27-24(23)28/h5-14,26H,4H2,1-3H3,(H,27,28)/b23-18+. The number of hydrogen-bond acceptors (Lipinski definition) is 5. The largest absolute Gasteiger partial charge is 0.493 e. The fourth-order valence-corrected chi connectivity index (χ4v) is 3.56. The Bertz CT molecular complexity index is 1110. The molecule has 4 rings (SSSR count). The second kappa shape index (κ2) is 8.29. The first-order valence-electron chi connectivity index (χ1n) is 9.74. The summed E-state index contributed by atoms with van der Waals surface area (Å²) in [6, 6.07) is 17.5. The van der Waals surface area contributed by atoms with Crippen LogP contribution in [0, 0.1) is 0 Å². The monoisotopic (exact) mass is 401 g/mol. The summed E-state index contributed by atoms with van der Waals surface area (Å²) in [6.45, 7) is 2.02. The van der Waals surface area contributed by atoms with Crippen LogP contribution in [-0.2, 0) is 4.79 Å². The zero-order chi connectivity index (χ0) is 21.1. The van der Waals surface area contributed by atoms with Gasteiger partial charge in [-0.15, -0.1) is 0 Å². The van der Waals surface area contributed by atoms with E-state index in [2.05, 4.69) is 15.6 Å². The number of rotatable bonds is 6. The number of ether oxygens (including phenoxy) is 2. The Morgan fingerprint density at radius 1 is 1.03 bits per heavy atom. The molecule has 0 spiro atoms. The van der Waals surface area contributed by atoms with Crippen molar-refractivity contribution < 1.29 is 14.3 Å². The lowest BCUT2D eigenvalue weighted by molar-refractivity contribution is -0.110. The molecule has 152 valence electrons. The van der Waals surface area contributed by atoms with Gasteiger partial charge in [0.05, 0.1) is 31.2 Å². The number of hydrogen-bond donors (Lipinski definition) is 2. The maximum atomic E-state index is 12.8. The highest BCUT2D eigenvalue weighted by atomic mass is 16.5. The lowest BCUT2D eigenvalue weighted by Crippen LogP contribution is -2.10. The number of amides is 1. The topological polar surface area (TPSA) is 72.5 Å². The van der Waals surface area contributed by atoms with Gasteiger partial charge in [-0.25, -0.2) is 0 Å². The lowest BCUT2D eigenvalue weighted by atomic mass is 10.0. The smallest absolute Gasteiger partial charge is 0.258 e. The minimum atomic E-state index is -0.144. The summed E-state index contributed by atoms with van der Waals surface area (Å²) in [4.78, 5) is 17.1. The highest BCUT2D eigenvalue weighted by Gasteiger charge is 2.29. The normalized spacial score (nSPS) is 14.0. The van der Waals surface area contributed by atoms with Crippen molar-refractivity contribution in [2.75, 3.05) is 24.9 Å². The number of fused-ring (bicyclic) bond motifs is 1. The van der Waals surface area contributed by atoms with E-state index in [0.717, 1.165) is 28.2 Å². The van der Waals surface area contributed by atoms with Gasteiger partial charge < -0.3 is 20.1 Å². The number of pyridine rings is 1. The first-order valence-corrected chi connectivity index (χ1v) is 9.74. The van der Waals surface area contributed by atoms with Gasteiger partial charge in [0, 0.05) is 34.8 Å². The first kappa shape index (κ1) is 19.5. The van der Waals surface area contributed by atoms with Gasteiger partial charge in [0.1, 0.15) is 0 Å². The van der Waals surface area contributed by atoms with Crippen LogP contribution in [0.4, 0.5) is 11.4 Å². The molecule has 6 nitrogen and oxygen atoms in total. The fourth-order valence-electron chi connectivity index (χ4n) is 3.56.